The van der Waals surface area contributed by atoms with Gasteiger partial charge >= 0.3 is 0 Å². The van der Waals surface area contributed by atoms with E-state index in [0.717, 1.165) is 5.56 Å². The molecule has 0 saturated heterocycles. The first-order valence-corrected chi connectivity index (χ1v) is 6.26. The van der Waals surface area contributed by atoms with Crippen molar-refractivity contribution in [1.82, 2.24) is 0 Å². The molecule has 0 radical (unpaired) electrons. The van der Waals surface area contributed by atoms with Crippen LogP contribution in [0, 0.1) is 24.4 Å². The Labute approximate surface area is 118 Å². The zero-order valence-corrected chi connectivity index (χ0v) is 11.4. The lowest BCUT2D eigenvalue weighted by atomic mass is 10.0. The van der Waals surface area contributed by atoms with Crippen molar-refractivity contribution in [1.29, 1.82) is 0 Å². The lowest BCUT2D eigenvalue weighted by molar-refractivity contribution is 0.526. The summed E-state index contributed by atoms with van der Waals surface area (Å²) in [7, 11) is 0. The molecule has 1 atom stereocenters. The van der Waals surface area contributed by atoms with E-state index in [2.05, 4.69) is 0 Å². The Kier molecular flexibility index (Phi) is 4.07. The summed E-state index contributed by atoms with van der Waals surface area (Å²) < 4.78 is 40.2. The van der Waals surface area contributed by atoms with E-state index >= 15 is 0 Å². The number of halogens is 5. The van der Waals surface area contributed by atoms with Crippen LogP contribution in [0.25, 0.3) is 0 Å². The van der Waals surface area contributed by atoms with Crippen LogP contribution in [-0.4, -0.2) is 0 Å². The van der Waals surface area contributed by atoms with Gasteiger partial charge in [-0.05, 0) is 24.1 Å². The quantitative estimate of drug-likeness (QED) is 0.652. The van der Waals surface area contributed by atoms with Gasteiger partial charge < -0.3 is 0 Å². The predicted octanol–water partition coefficient (Wildman–Crippen LogP) is 5.39. The number of benzene rings is 2. The minimum Gasteiger partial charge on any atom is -0.207 e. The number of aryl methyl sites for hydroxylation is 1. The molecule has 100 valence electrons. The van der Waals surface area contributed by atoms with E-state index < -0.39 is 28.4 Å². The zero-order valence-electron chi connectivity index (χ0n) is 9.85. The number of hydrogen-bond donors (Lipinski definition) is 0. The first-order chi connectivity index (χ1) is 8.90. The number of hydrogen-bond acceptors (Lipinski definition) is 0. The van der Waals surface area contributed by atoms with Gasteiger partial charge in [-0.15, -0.1) is 11.6 Å². The highest BCUT2D eigenvalue weighted by Gasteiger charge is 2.22. The van der Waals surface area contributed by atoms with Gasteiger partial charge in [-0.3, -0.25) is 0 Å². The van der Waals surface area contributed by atoms with E-state index in [0.29, 0.717) is 22.7 Å². The number of alkyl halides is 1. The standard InChI is InChI=1S/C14H9Cl2F3/c1-7-2-3-9(10(15)4-7)14(16)13-11(18)5-8(17)6-12(13)19/h2-6,14H,1H3. The lowest BCUT2D eigenvalue weighted by Gasteiger charge is -2.14. The van der Waals surface area contributed by atoms with Gasteiger partial charge in [0.25, 0.3) is 0 Å². The molecule has 0 fully saturated rings. The first kappa shape index (κ1) is 14.2. The molecule has 0 nitrogen and oxygen atoms in total. The minimum absolute atomic E-state index is 0.308. The van der Waals surface area contributed by atoms with E-state index in [1.165, 1.54) is 0 Å². The summed E-state index contributed by atoms with van der Waals surface area (Å²) in [6, 6.07) is 6.16. The summed E-state index contributed by atoms with van der Waals surface area (Å²) in [5.74, 6) is -3.05. The average molecular weight is 305 g/mol. The Morgan fingerprint density at radius 2 is 1.58 bits per heavy atom. The van der Waals surface area contributed by atoms with Crippen molar-refractivity contribution >= 4 is 23.2 Å². The minimum atomic E-state index is -1.12. The molecule has 0 saturated carbocycles. The van der Waals surface area contributed by atoms with E-state index in [1.54, 1.807) is 18.2 Å². The Bertz CT molecular complexity index is 603. The highest BCUT2D eigenvalue weighted by Crippen LogP contribution is 2.36. The third-order valence-electron chi connectivity index (χ3n) is 2.73. The Balaban J connectivity index is 2.53. The van der Waals surface area contributed by atoms with Crippen molar-refractivity contribution in [2.75, 3.05) is 0 Å². The van der Waals surface area contributed by atoms with Gasteiger partial charge in [-0.2, -0.15) is 0 Å². The Morgan fingerprint density at radius 1 is 1.00 bits per heavy atom. The van der Waals surface area contributed by atoms with Crippen LogP contribution in [0.15, 0.2) is 30.3 Å². The Morgan fingerprint density at radius 3 is 2.11 bits per heavy atom. The van der Waals surface area contributed by atoms with Crippen molar-refractivity contribution in [3.05, 3.63) is 69.5 Å². The van der Waals surface area contributed by atoms with Crippen molar-refractivity contribution in [3.63, 3.8) is 0 Å². The number of rotatable bonds is 2. The predicted molar refractivity (Wildman–Crippen MR) is 70.2 cm³/mol. The smallest absolute Gasteiger partial charge is 0.134 e. The summed E-state index contributed by atoms with van der Waals surface area (Å²) in [4.78, 5) is 0. The van der Waals surface area contributed by atoms with Crippen LogP contribution < -0.4 is 0 Å². The van der Waals surface area contributed by atoms with Gasteiger partial charge in [0.05, 0.1) is 5.38 Å². The molecule has 2 aromatic rings. The molecule has 0 N–H and O–H groups in total. The molecule has 19 heavy (non-hydrogen) atoms. The fraction of sp³-hybridized carbons (Fsp3) is 0.143. The van der Waals surface area contributed by atoms with Gasteiger partial charge in [0.1, 0.15) is 17.5 Å². The third kappa shape index (κ3) is 2.88. The summed E-state index contributed by atoms with van der Waals surface area (Å²) >= 11 is 12.1. The van der Waals surface area contributed by atoms with Crippen LogP contribution in [0.5, 0.6) is 0 Å². The van der Waals surface area contributed by atoms with E-state index in [4.69, 9.17) is 23.2 Å². The van der Waals surface area contributed by atoms with Crippen molar-refractivity contribution < 1.29 is 13.2 Å². The maximum absolute atomic E-state index is 13.7. The monoisotopic (exact) mass is 304 g/mol. The second-order valence-electron chi connectivity index (χ2n) is 4.17. The molecule has 5 heteroatoms. The molecule has 0 aliphatic rings. The van der Waals surface area contributed by atoms with Gasteiger partial charge in [0.15, 0.2) is 0 Å². The largest absolute Gasteiger partial charge is 0.207 e. The van der Waals surface area contributed by atoms with E-state index in [1.807, 2.05) is 6.92 Å². The molecular weight excluding hydrogens is 296 g/mol. The van der Waals surface area contributed by atoms with Gasteiger partial charge in [-0.1, -0.05) is 23.7 Å². The zero-order chi connectivity index (χ0) is 14.2. The second-order valence-corrected chi connectivity index (χ2v) is 5.01. The summed E-state index contributed by atoms with van der Waals surface area (Å²) in [6.07, 6.45) is 0. The fourth-order valence-corrected chi connectivity index (χ4v) is 2.59. The van der Waals surface area contributed by atoms with Crippen LogP contribution in [0.4, 0.5) is 13.2 Å². The average Bonchev–Trinajstić information content (AvgIpc) is 2.26. The van der Waals surface area contributed by atoms with Crippen LogP contribution in [-0.2, 0) is 0 Å². The maximum Gasteiger partial charge on any atom is 0.134 e. The van der Waals surface area contributed by atoms with Crippen LogP contribution in [0.3, 0.4) is 0 Å². The van der Waals surface area contributed by atoms with E-state index in [9.17, 15) is 13.2 Å². The summed E-state index contributed by atoms with van der Waals surface area (Å²) in [6.45, 7) is 1.83. The highest BCUT2D eigenvalue weighted by atomic mass is 35.5. The fourth-order valence-electron chi connectivity index (χ4n) is 1.79. The Hall–Kier alpha value is -1.19. The molecule has 0 heterocycles. The molecule has 0 aliphatic carbocycles. The lowest BCUT2D eigenvalue weighted by Crippen LogP contribution is -2.03. The third-order valence-corrected chi connectivity index (χ3v) is 3.51. The molecule has 0 spiro atoms. The molecule has 0 aromatic heterocycles. The molecule has 2 rings (SSSR count). The molecular formula is C14H9Cl2F3. The second kappa shape index (κ2) is 5.43. The molecule has 2 aromatic carbocycles. The van der Waals surface area contributed by atoms with Crippen LogP contribution in [0.1, 0.15) is 22.1 Å². The molecule has 0 aliphatic heterocycles. The normalized spacial score (nSPS) is 12.5. The van der Waals surface area contributed by atoms with E-state index in [-0.39, 0.29) is 0 Å². The highest BCUT2D eigenvalue weighted by molar-refractivity contribution is 6.33. The van der Waals surface area contributed by atoms with Crippen molar-refractivity contribution in [2.45, 2.75) is 12.3 Å². The van der Waals surface area contributed by atoms with Crippen LogP contribution in [0.2, 0.25) is 5.02 Å². The SMILES string of the molecule is Cc1ccc(C(Cl)c2c(F)cc(F)cc2F)c(Cl)c1. The molecule has 0 bridgehead atoms. The van der Waals surface area contributed by atoms with Gasteiger partial charge in [0, 0.05) is 22.7 Å². The van der Waals surface area contributed by atoms with Gasteiger partial charge in [-0.25, -0.2) is 13.2 Å². The molecule has 1 unspecified atom stereocenters. The summed E-state index contributed by atoms with van der Waals surface area (Å²) in [5.41, 5.74) is 0.866. The summed E-state index contributed by atoms with van der Waals surface area (Å²) in [5, 5.41) is -0.808. The topological polar surface area (TPSA) is 0 Å². The molecule has 0 amide bonds. The van der Waals surface area contributed by atoms with Crippen molar-refractivity contribution in [2.24, 2.45) is 0 Å². The first-order valence-electron chi connectivity index (χ1n) is 5.44. The van der Waals surface area contributed by atoms with Crippen LogP contribution >= 0.6 is 23.2 Å². The van der Waals surface area contributed by atoms with Crippen molar-refractivity contribution in [3.8, 4) is 0 Å². The van der Waals surface area contributed by atoms with Gasteiger partial charge in [0.2, 0.25) is 0 Å². The maximum atomic E-state index is 13.7.